The zero-order valence-corrected chi connectivity index (χ0v) is 21.4. The Hall–Kier alpha value is -3.45. The zero-order valence-electron chi connectivity index (χ0n) is 19.9. The van der Waals surface area contributed by atoms with Crippen molar-refractivity contribution in [2.45, 2.75) is 24.8 Å². The molecule has 1 aliphatic heterocycles. The Morgan fingerprint density at radius 3 is 2.26 bits per heavy atom. The van der Waals surface area contributed by atoms with Gasteiger partial charge in [0.05, 0.1) is 43.2 Å². The number of ether oxygens (including phenoxy) is 3. The van der Waals surface area contributed by atoms with Crippen LogP contribution in [-0.4, -0.2) is 27.1 Å². The minimum atomic E-state index is -0.401. The van der Waals surface area contributed by atoms with Crippen molar-refractivity contribution in [2.24, 2.45) is 0 Å². The molecule has 0 radical (unpaired) electrons. The fraction of sp³-hybridized carbons (Fsp3) is 0.250. The Labute approximate surface area is 213 Å². The van der Waals surface area contributed by atoms with Gasteiger partial charge < -0.3 is 24.8 Å². The number of para-hydroxylation sites is 2. The van der Waals surface area contributed by atoms with Crippen LogP contribution in [0, 0.1) is 0 Å². The topological polar surface area (TPSA) is 68.8 Å². The SMILES string of the molecule is COc1ccc([C@@H]2CC(=O)C3=C(C2)Nc2ccccc2N[C@@H]3c2cc(OC)c(Br)cc2OC)cc1. The number of fused-ring (bicyclic) bond motifs is 1. The molecule has 180 valence electrons. The Bertz CT molecular complexity index is 1300. The minimum absolute atomic E-state index is 0.0758. The first kappa shape index (κ1) is 23.3. The van der Waals surface area contributed by atoms with E-state index in [0.29, 0.717) is 17.9 Å². The van der Waals surface area contributed by atoms with Crippen LogP contribution in [0.3, 0.4) is 0 Å². The normalized spacial score (nSPS) is 19.0. The van der Waals surface area contributed by atoms with E-state index in [9.17, 15) is 4.79 Å². The maximum atomic E-state index is 13.8. The summed E-state index contributed by atoms with van der Waals surface area (Å²) < 4.78 is 17.4. The van der Waals surface area contributed by atoms with E-state index in [1.807, 2.05) is 60.7 Å². The summed E-state index contributed by atoms with van der Waals surface area (Å²) in [6.45, 7) is 0. The van der Waals surface area contributed by atoms with Gasteiger partial charge >= 0.3 is 0 Å². The molecule has 35 heavy (non-hydrogen) atoms. The van der Waals surface area contributed by atoms with Crippen LogP contribution < -0.4 is 24.8 Å². The van der Waals surface area contributed by atoms with Crippen molar-refractivity contribution in [1.82, 2.24) is 0 Å². The van der Waals surface area contributed by atoms with Gasteiger partial charge in [-0.2, -0.15) is 0 Å². The van der Waals surface area contributed by atoms with Crippen LogP contribution >= 0.6 is 15.9 Å². The highest BCUT2D eigenvalue weighted by Gasteiger charge is 2.37. The molecule has 0 aromatic heterocycles. The Morgan fingerprint density at radius 1 is 0.857 bits per heavy atom. The third-order valence-electron chi connectivity index (χ3n) is 6.71. The molecule has 7 heteroatoms. The van der Waals surface area contributed by atoms with Crippen LogP contribution in [0.1, 0.15) is 35.9 Å². The molecule has 0 saturated heterocycles. The molecule has 0 fully saturated rings. The fourth-order valence-corrected chi connectivity index (χ4v) is 5.43. The average molecular weight is 535 g/mol. The van der Waals surface area contributed by atoms with Gasteiger partial charge in [0.15, 0.2) is 5.78 Å². The van der Waals surface area contributed by atoms with Crippen LogP contribution in [0.5, 0.6) is 17.2 Å². The zero-order chi connectivity index (χ0) is 24.5. The molecule has 0 spiro atoms. The smallest absolute Gasteiger partial charge is 0.163 e. The van der Waals surface area contributed by atoms with Gasteiger partial charge in [-0.15, -0.1) is 0 Å². The molecule has 1 heterocycles. The van der Waals surface area contributed by atoms with E-state index in [4.69, 9.17) is 14.2 Å². The number of ketones is 1. The summed E-state index contributed by atoms with van der Waals surface area (Å²) in [6, 6.07) is 19.4. The molecule has 5 rings (SSSR count). The van der Waals surface area contributed by atoms with Gasteiger partial charge in [0.25, 0.3) is 0 Å². The summed E-state index contributed by atoms with van der Waals surface area (Å²) in [5.74, 6) is 2.33. The summed E-state index contributed by atoms with van der Waals surface area (Å²) in [4.78, 5) is 13.8. The molecule has 3 aromatic carbocycles. The van der Waals surface area contributed by atoms with Crippen molar-refractivity contribution in [3.8, 4) is 17.2 Å². The summed E-state index contributed by atoms with van der Waals surface area (Å²) in [5, 5.41) is 7.19. The summed E-state index contributed by atoms with van der Waals surface area (Å²) in [7, 11) is 4.92. The van der Waals surface area contributed by atoms with Crippen molar-refractivity contribution in [3.63, 3.8) is 0 Å². The number of carbonyl (C=O) groups is 1. The summed E-state index contributed by atoms with van der Waals surface area (Å²) in [5.41, 5.74) is 5.48. The van der Waals surface area contributed by atoms with Crippen molar-refractivity contribution in [3.05, 3.63) is 87.5 Å². The third kappa shape index (κ3) is 4.36. The molecule has 0 unspecified atom stereocenters. The Balaban J connectivity index is 1.63. The first-order valence-electron chi connectivity index (χ1n) is 11.5. The van der Waals surface area contributed by atoms with Crippen LogP contribution in [-0.2, 0) is 4.79 Å². The van der Waals surface area contributed by atoms with E-state index in [-0.39, 0.29) is 11.7 Å². The number of hydrogen-bond donors (Lipinski definition) is 2. The lowest BCUT2D eigenvalue weighted by Gasteiger charge is -2.30. The Morgan fingerprint density at radius 2 is 1.57 bits per heavy atom. The maximum Gasteiger partial charge on any atom is 0.163 e. The molecule has 0 saturated carbocycles. The molecule has 3 aromatic rings. The van der Waals surface area contributed by atoms with E-state index in [0.717, 1.165) is 50.4 Å². The molecular weight excluding hydrogens is 508 g/mol. The predicted octanol–water partition coefficient (Wildman–Crippen LogP) is 6.45. The number of rotatable bonds is 5. The third-order valence-corrected chi connectivity index (χ3v) is 7.33. The molecule has 2 aliphatic rings. The van der Waals surface area contributed by atoms with Gasteiger partial charge in [-0.25, -0.2) is 0 Å². The second-order valence-electron chi connectivity index (χ2n) is 8.67. The second kappa shape index (κ2) is 9.66. The molecule has 0 bridgehead atoms. The summed E-state index contributed by atoms with van der Waals surface area (Å²) >= 11 is 3.55. The number of carbonyl (C=O) groups excluding carboxylic acids is 1. The van der Waals surface area contributed by atoms with Gasteiger partial charge in [-0.3, -0.25) is 4.79 Å². The predicted molar refractivity (Wildman–Crippen MR) is 141 cm³/mol. The number of Topliss-reactive ketones (excluding diaryl/α,β-unsaturated/α-hetero) is 1. The lowest BCUT2D eigenvalue weighted by atomic mass is 9.78. The summed E-state index contributed by atoms with van der Waals surface area (Å²) in [6.07, 6.45) is 1.15. The lowest BCUT2D eigenvalue weighted by molar-refractivity contribution is -0.116. The van der Waals surface area contributed by atoms with Crippen molar-refractivity contribution in [1.29, 1.82) is 0 Å². The van der Waals surface area contributed by atoms with E-state index in [1.165, 1.54) is 0 Å². The van der Waals surface area contributed by atoms with Crippen molar-refractivity contribution < 1.29 is 19.0 Å². The van der Waals surface area contributed by atoms with E-state index >= 15 is 0 Å². The lowest BCUT2D eigenvalue weighted by Crippen LogP contribution is -2.27. The highest BCUT2D eigenvalue weighted by atomic mass is 79.9. The molecule has 2 atom stereocenters. The molecule has 2 N–H and O–H groups in total. The molecule has 6 nitrogen and oxygen atoms in total. The maximum absolute atomic E-state index is 13.8. The number of hydrogen-bond acceptors (Lipinski definition) is 6. The van der Waals surface area contributed by atoms with Crippen LogP contribution in [0.15, 0.2) is 76.4 Å². The van der Waals surface area contributed by atoms with Crippen molar-refractivity contribution >= 4 is 33.1 Å². The highest BCUT2D eigenvalue weighted by molar-refractivity contribution is 9.10. The van der Waals surface area contributed by atoms with E-state index in [1.54, 1.807) is 21.3 Å². The number of halogens is 1. The second-order valence-corrected chi connectivity index (χ2v) is 9.52. The van der Waals surface area contributed by atoms with Gasteiger partial charge in [-0.1, -0.05) is 24.3 Å². The van der Waals surface area contributed by atoms with Gasteiger partial charge in [0.1, 0.15) is 17.2 Å². The van der Waals surface area contributed by atoms with Crippen LogP contribution in [0.2, 0.25) is 0 Å². The number of methoxy groups -OCH3 is 3. The molecular formula is C28H27BrN2O4. The minimum Gasteiger partial charge on any atom is -0.497 e. The largest absolute Gasteiger partial charge is 0.497 e. The Kier molecular flexibility index (Phi) is 6.43. The first-order chi connectivity index (χ1) is 17.0. The quantitative estimate of drug-likeness (QED) is 0.391. The highest BCUT2D eigenvalue weighted by Crippen LogP contribution is 2.47. The van der Waals surface area contributed by atoms with E-state index < -0.39 is 6.04 Å². The van der Waals surface area contributed by atoms with Crippen molar-refractivity contribution in [2.75, 3.05) is 32.0 Å². The first-order valence-corrected chi connectivity index (χ1v) is 12.3. The van der Waals surface area contributed by atoms with Gasteiger partial charge in [-0.05, 0) is 70.2 Å². The van der Waals surface area contributed by atoms with Crippen LogP contribution in [0.4, 0.5) is 11.4 Å². The average Bonchev–Trinajstić information content (AvgIpc) is 3.05. The number of anilines is 2. The molecule has 0 amide bonds. The number of nitrogens with one attached hydrogen (secondary N) is 2. The number of benzene rings is 3. The van der Waals surface area contributed by atoms with E-state index in [2.05, 4.69) is 26.6 Å². The fourth-order valence-electron chi connectivity index (χ4n) is 4.95. The monoisotopic (exact) mass is 534 g/mol. The van der Waals surface area contributed by atoms with Gasteiger partial charge in [0.2, 0.25) is 0 Å². The molecule has 1 aliphatic carbocycles. The standard InChI is InChI=1S/C28H27BrN2O4/c1-33-18-10-8-16(9-11-18)17-12-23-27(24(32)13-17)28(31-22-7-5-4-6-21(22)30-23)19-14-26(35-3)20(29)15-25(19)34-2/h4-11,14-15,17,28,30-31H,12-13H2,1-3H3/t17-,28+/m0/s1. The van der Waals surface area contributed by atoms with Gasteiger partial charge in [0, 0.05) is 23.3 Å². The van der Waals surface area contributed by atoms with Crippen LogP contribution in [0.25, 0.3) is 0 Å². The number of allylic oxidation sites excluding steroid dienone is 1.